The standard InChI is InChI=1S/C12H26N2O/c1-11(15)3-7-13-8-4-12-5-9-14(2)10-6-12/h11-13,15H,3-10H2,1-2H3. The number of nitrogens with zero attached hydrogens (tertiary/aromatic N) is 1. The third kappa shape index (κ3) is 6.13. The average Bonchev–Trinajstić information content (AvgIpc) is 2.20. The zero-order chi connectivity index (χ0) is 11.1. The first-order valence-corrected chi connectivity index (χ1v) is 6.26. The Morgan fingerprint density at radius 3 is 2.60 bits per heavy atom. The SMILES string of the molecule is CC(O)CCNCCC1CCN(C)CC1. The second-order valence-electron chi connectivity index (χ2n) is 4.92. The second kappa shape index (κ2) is 7.20. The number of rotatable bonds is 6. The minimum Gasteiger partial charge on any atom is -0.393 e. The van der Waals surface area contributed by atoms with Crippen LogP contribution in [0.1, 0.15) is 32.6 Å². The van der Waals surface area contributed by atoms with Crippen molar-refractivity contribution in [1.29, 1.82) is 0 Å². The van der Waals surface area contributed by atoms with Crippen LogP contribution in [-0.4, -0.2) is 49.3 Å². The van der Waals surface area contributed by atoms with Gasteiger partial charge in [-0.3, -0.25) is 0 Å². The van der Waals surface area contributed by atoms with Gasteiger partial charge >= 0.3 is 0 Å². The largest absolute Gasteiger partial charge is 0.393 e. The summed E-state index contributed by atoms with van der Waals surface area (Å²) in [6.07, 6.45) is 4.71. The lowest BCUT2D eigenvalue weighted by Crippen LogP contribution is -2.31. The van der Waals surface area contributed by atoms with E-state index < -0.39 is 0 Å². The summed E-state index contributed by atoms with van der Waals surface area (Å²) >= 11 is 0. The Labute approximate surface area is 93.9 Å². The Hall–Kier alpha value is -0.120. The van der Waals surface area contributed by atoms with E-state index in [0.717, 1.165) is 25.4 Å². The summed E-state index contributed by atoms with van der Waals surface area (Å²) in [7, 11) is 2.21. The molecule has 0 amide bonds. The quantitative estimate of drug-likeness (QED) is 0.650. The van der Waals surface area contributed by atoms with Crippen LogP contribution in [0, 0.1) is 5.92 Å². The van der Waals surface area contributed by atoms with Gasteiger partial charge in [-0.1, -0.05) is 0 Å². The van der Waals surface area contributed by atoms with Gasteiger partial charge in [-0.15, -0.1) is 0 Å². The Bertz CT molecular complexity index is 154. The molecule has 1 aliphatic rings. The van der Waals surface area contributed by atoms with Crippen LogP contribution in [0.4, 0.5) is 0 Å². The van der Waals surface area contributed by atoms with E-state index in [1.54, 1.807) is 0 Å². The molecule has 0 aliphatic carbocycles. The molecule has 0 radical (unpaired) electrons. The first kappa shape index (κ1) is 12.9. The predicted molar refractivity (Wildman–Crippen MR) is 64.0 cm³/mol. The summed E-state index contributed by atoms with van der Waals surface area (Å²) in [6.45, 7) is 6.43. The third-order valence-electron chi connectivity index (χ3n) is 3.31. The van der Waals surface area contributed by atoms with E-state index in [-0.39, 0.29) is 6.10 Å². The van der Waals surface area contributed by atoms with Crippen LogP contribution < -0.4 is 5.32 Å². The van der Waals surface area contributed by atoms with E-state index in [9.17, 15) is 0 Å². The molecule has 3 nitrogen and oxygen atoms in total. The molecule has 1 unspecified atom stereocenters. The molecular formula is C12H26N2O. The number of piperidine rings is 1. The molecule has 0 spiro atoms. The van der Waals surface area contributed by atoms with Gasteiger partial charge in [-0.25, -0.2) is 0 Å². The zero-order valence-corrected chi connectivity index (χ0v) is 10.2. The van der Waals surface area contributed by atoms with E-state index in [1.165, 1.54) is 32.4 Å². The van der Waals surface area contributed by atoms with Crippen molar-refractivity contribution in [3.63, 3.8) is 0 Å². The molecule has 15 heavy (non-hydrogen) atoms. The van der Waals surface area contributed by atoms with Gasteiger partial charge < -0.3 is 15.3 Å². The van der Waals surface area contributed by atoms with Crippen molar-refractivity contribution in [2.75, 3.05) is 33.2 Å². The molecule has 2 N–H and O–H groups in total. The highest BCUT2D eigenvalue weighted by Crippen LogP contribution is 2.18. The molecule has 3 heteroatoms. The van der Waals surface area contributed by atoms with Gasteiger partial charge in [0, 0.05) is 0 Å². The van der Waals surface area contributed by atoms with E-state index in [2.05, 4.69) is 17.3 Å². The van der Waals surface area contributed by atoms with Crippen molar-refractivity contribution < 1.29 is 5.11 Å². The van der Waals surface area contributed by atoms with Crippen molar-refractivity contribution in [2.24, 2.45) is 5.92 Å². The summed E-state index contributed by atoms with van der Waals surface area (Å²) in [5.41, 5.74) is 0. The Balaban J connectivity index is 1.91. The van der Waals surface area contributed by atoms with Crippen molar-refractivity contribution in [2.45, 2.75) is 38.7 Å². The molecule has 0 aromatic heterocycles. The third-order valence-corrected chi connectivity index (χ3v) is 3.31. The summed E-state index contributed by atoms with van der Waals surface area (Å²) in [4.78, 5) is 2.41. The molecular weight excluding hydrogens is 188 g/mol. The highest BCUT2D eigenvalue weighted by molar-refractivity contribution is 4.70. The molecule has 1 rings (SSSR count). The van der Waals surface area contributed by atoms with Crippen molar-refractivity contribution in [1.82, 2.24) is 10.2 Å². The first-order valence-electron chi connectivity index (χ1n) is 6.26. The molecule has 0 aromatic rings. The first-order chi connectivity index (χ1) is 7.18. The maximum absolute atomic E-state index is 9.08. The molecule has 1 saturated heterocycles. The number of nitrogens with one attached hydrogen (secondary N) is 1. The summed E-state index contributed by atoms with van der Waals surface area (Å²) in [6, 6.07) is 0. The molecule has 1 aliphatic heterocycles. The molecule has 1 fully saturated rings. The van der Waals surface area contributed by atoms with Crippen LogP contribution in [0.2, 0.25) is 0 Å². The van der Waals surface area contributed by atoms with Crippen LogP contribution in [-0.2, 0) is 0 Å². The van der Waals surface area contributed by atoms with Crippen molar-refractivity contribution in [3.05, 3.63) is 0 Å². The topological polar surface area (TPSA) is 35.5 Å². The van der Waals surface area contributed by atoms with E-state index in [4.69, 9.17) is 5.11 Å². The maximum atomic E-state index is 9.08. The Morgan fingerprint density at radius 2 is 2.00 bits per heavy atom. The number of likely N-dealkylation sites (tertiary alicyclic amines) is 1. The Morgan fingerprint density at radius 1 is 1.33 bits per heavy atom. The highest BCUT2D eigenvalue weighted by atomic mass is 16.3. The predicted octanol–water partition coefficient (Wildman–Crippen LogP) is 1.08. The van der Waals surface area contributed by atoms with Crippen LogP contribution in [0.3, 0.4) is 0 Å². The van der Waals surface area contributed by atoms with E-state index in [1.807, 2.05) is 6.92 Å². The van der Waals surface area contributed by atoms with Crippen molar-refractivity contribution in [3.8, 4) is 0 Å². The van der Waals surface area contributed by atoms with Gasteiger partial charge in [0.25, 0.3) is 0 Å². The zero-order valence-electron chi connectivity index (χ0n) is 10.2. The van der Waals surface area contributed by atoms with E-state index in [0.29, 0.717) is 0 Å². The normalized spacial score (nSPS) is 21.8. The smallest absolute Gasteiger partial charge is 0.0524 e. The van der Waals surface area contributed by atoms with Gasteiger partial charge in [-0.2, -0.15) is 0 Å². The van der Waals surface area contributed by atoms with Gasteiger partial charge in [0.15, 0.2) is 0 Å². The minimum atomic E-state index is -0.166. The fourth-order valence-electron chi connectivity index (χ4n) is 2.09. The van der Waals surface area contributed by atoms with E-state index >= 15 is 0 Å². The molecule has 1 heterocycles. The fraction of sp³-hybridized carbons (Fsp3) is 1.00. The molecule has 90 valence electrons. The lowest BCUT2D eigenvalue weighted by atomic mass is 9.94. The lowest BCUT2D eigenvalue weighted by Gasteiger charge is -2.28. The van der Waals surface area contributed by atoms with Crippen LogP contribution >= 0.6 is 0 Å². The van der Waals surface area contributed by atoms with Crippen LogP contribution in [0.15, 0.2) is 0 Å². The van der Waals surface area contributed by atoms with Gasteiger partial charge in [0.1, 0.15) is 0 Å². The summed E-state index contributed by atoms with van der Waals surface area (Å²) in [5.74, 6) is 0.917. The average molecular weight is 214 g/mol. The Kier molecular flexibility index (Phi) is 6.22. The van der Waals surface area contributed by atoms with Gasteiger partial charge in [0.05, 0.1) is 6.10 Å². The van der Waals surface area contributed by atoms with Crippen molar-refractivity contribution >= 4 is 0 Å². The van der Waals surface area contributed by atoms with Gasteiger partial charge in [-0.05, 0) is 71.8 Å². The molecule has 1 atom stereocenters. The highest BCUT2D eigenvalue weighted by Gasteiger charge is 2.15. The van der Waals surface area contributed by atoms with Crippen LogP contribution in [0.25, 0.3) is 0 Å². The van der Waals surface area contributed by atoms with Crippen LogP contribution in [0.5, 0.6) is 0 Å². The summed E-state index contributed by atoms with van der Waals surface area (Å²) in [5, 5.41) is 12.5. The number of aliphatic hydroxyl groups is 1. The number of aliphatic hydroxyl groups excluding tert-OH is 1. The maximum Gasteiger partial charge on any atom is 0.0524 e. The molecule has 0 saturated carbocycles. The van der Waals surface area contributed by atoms with Gasteiger partial charge in [0.2, 0.25) is 0 Å². The molecule has 0 bridgehead atoms. The minimum absolute atomic E-state index is 0.166. The molecule has 0 aromatic carbocycles. The summed E-state index contributed by atoms with van der Waals surface area (Å²) < 4.78 is 0. The number of hydrogen-bond acceptors (Lipinski definition) is 3. The number of hydrogen-bond donors (Lipinski definition) is 2. The fourth-order valence-corrected chi connectivity index (χ4v) is 2.09. The monoisotopic (exact) mass is 214 g/mol. The lowest BCUT2D eigenvalue weighted by molar-refractivity contribution is 0.182. The second-order valence-corrected chi connectivity index (χ2v) is 4.92.